The van der Waals surface area contributed by atoms with Crippen molar-refractivity contribution in [2.45, 2.75) is 18.2 Å². The van der Waals surface area contributed by atoms with E-state index in [0.29, 0.717) is 24.7 Å². The molecule has 1 aromatic carbocycles. The highest BCUT2D eigenvalue weighted by Crippen LogP contribution is 2.32. The zero-order valence-corrected chi connectivity index (χ0v) is 11.8. The Morgan fingerprint density at radius 2 is 2.22 bits per heavy atom. The van der Waals surface area contributed by atoms with Crippen LogP contribution in [0.3, 0.4) is 0 Å². The van der Waals surface area contributed by atoms with Crippen molar-refractivity contribution in [1.29, 1.82) is 0 Å². The second kappa shape index (κ2) is 4.81. The average Bonchev–Trinajstić information content (AvgIpc) is 2.73. The number of hydrogen-bond donors (Lipinski definition) is 1. The Morgan fingerprint density at radius 3 is 2.78 bits per heavy atom. The van der Waals surface area contributed by atoms with E-state index in [4.69, 9.17) is 17.3 Å². The van der Waals surface area contributed by atoms with Gasteiger partial charge >= 0.3 is 0 Å². The summed E-state index contributed by atoms with van der Waals surface area (Å²) in [4.78, 5) is 0.247. The number of nitrogens with zero attached hydrogens (tertiary/aromatic N) is 1. The molecular formula is C12H17ClN2O2S. The molecule has 2 rings (SSSR count). The third kappa shape index (κ3) is 2.54. The predicted octanol–water partition coefficient (Wildman–Crippen LogP) is 1.70. The van der Waals surface area contributed by atoms with Crippen molar-refractivity contribution in [3.05, 3.63) is 29.3 Å². The van der Waals surface area contributed by atoms with Crippen molar-refractivity contribution in [2.24, 2.45) is 11.1 Å². The van der Waals surface area contributed by atoms with Crippen molar-refractivity contribution in [3.63, 3.8) is 0 Å². The first-order valence-corrected chi connectivity index (χ1v) is 7.65. The molecule has 0 radical (unpaired) electrons. The first-order valence-electron chi connectivity index (χ1n) is 5.83. The molecule has 1 saturated heterocycles. The van der Waals surface area contributed by atoms with Crippen LogP contribution >= 0.6 is 11.6 Å². The van der Waals surface area contributed by atoms with Crippen LogP contribution in [-0.4, -0.2) is 32.4 Å². The van der Waals surface area contributed by atoms with E-state index in [1.54, 1.807) is 18.2 Å². The van der Waals surface area contributed by atoms with Crippen LogP contribution in [0.4, 0.5) is 0 Å². The molecule has 100 valence electrons. The van der Waals surface area contributed by atoms with Crippen LogP contribution < -0.4 is 5.73 Å². The highest BCUT2D eigenvalue weighted by Gasteiger charge is 2.38. The fourth-order valence-corrected chi connectivity index (χ4v) is 4.02. The summed E-state index contributed by atoms with van der Waals surface area (Å²) in [6.07, 6.45) is 0.795. The van der Waals surface area contributed by atoms with Crippen LogP contribution in [-0.2, 0) is 10.0 Å². The molecule has 18 heavy (non-hydrogen) atoms. The molecule has 6 heteroatoms. The average molecular weight is 289 g/mol. The van der Waals surface area contributed by atoms with Crippen molar-refractivity contribution in [3.8, 4) is 0 Å². The van der Waals surface area contributed by atoms with E-state index in [0.717, 1.165) is 6.42 Å². The summed E-state index contributed by atoms with van der Waals surface area (Å²) in [5.41, 5.74) is 5.57. The predicted molar refractivity (Wildman–Crippen MR) is 72.0 cm³/mol. The second-order valence-corrected chi connectivity index (χ2v) is 7.44. The molecule has 1 heterocycles. The topological polar surface area (TPSA) is 63.4 Å². The minimum Gasteiger partial charge on any atom is -0.330 e. The molecule has 2 N–H and O–H groups in total. The maximum absolute atomic E-state index is 12.4. The lowest BCUT2D eigenvalue weighted by molar-refractivity contribution is 0.349. The number of sulfonamides is 1. The highest BCUT2D eigenvalue weighted by molar-refractivity contribution is 7.89. The first kappa shape index (κ1) is 13.8. The van der Waals surface area contributed by atoms with E-state index in [9.17, 15) is 8.42 Å². The van der Waals surface area contributed by atoms with Crippen LogP contribution in [0.25, 0.3) is 0 Å². The summed E-state index contributed by atoms with van der Waals surface area (Å²) in [5, 5.41) is 0.428. The van der Waals surface area contributed by atoms with E-state index < -0.39 is 10.0 Å². The minimum absolute atomic E-state index is 0.119. The summed E-state index contributed by atoms with van der Waals surface area (Å²) >= 11 is 5.84. The minimum atomic E-state index is -3.45. The van der Waals surface area contributed by atoms with Gasteiger partial charge < -0.3 is 5.73 Å². The molecule has 1 atom stereocenters. The molecule has 0 amide bonds. The van der Waals surface area contributed by atoms with Gasteiger partial charge in [0.1, 0.15) is 0 Å². The van der Waals surface area contributed by atoms with Gasteiger partial charge in [-0.25, -0.2) is 8.42 Å². The third-order valence-electron chi connectivity index (χ3n) is 3.45. The molecule has 1 aromatic rings. The van der Waals surface area contributed by atoms with Gasteiger partial charge in [0.2, 0.25) is 10.0 Å². The maximum Gasteiger partial charge on any atom is 0.243 e. The van der Waals surface area contributed by atoms with Crippen LogP contribution in [0.5, 0.6) is 0 Å². The standard InChI is InChI=1S/C12H17ClN2O2S/c1-12(8-14)5-6-15(9-12)18(16,17)11-4-2-3-10(13)7-11/h2-4,7H,5-6,8-9,14H2,1H3. The zero-order chi connectivity index (χ0) is 13.4. The summed E-state index contributed by atoms with van der Waals surface area (Å²) in [6, 6.07) is 6.36. The third-order valence-corrected chi connectivity index (χ3v) is 5.53. The fraction of sp³-hybridized carbons (Fsp3) is 0.500. The van der Waals surface area contributed by atoms with Gasteiger partial charge in [0, 0.05) is 18.1 Å². The van der Waals surface area contributed by atoms with E-state index in [2.05, 4.69) is 0 Å². The molecule has 4 nitrogen and oxygen atoms in total. The Morgan fingerprint density at radius 1 is 1.50 bits per heavy atom. The molecular weight excluding hydrogens is 272 g/mol. The lowest BCUT2D eigenvalue weighted by Gasteiger charge is -2.22. The summed E-state index contributed by atoms with van der Waals surface area (Å²) in [6.45, 7) is 3.50. The summed E-state index contributed by atoms with van der Waals surface area (Å²) < 4.78 is 26.3. The van der Waals surface area contributed by atoms with Gasteiger partial charge in [-0.1, -0.05) is 24.6 Å². The monoisotopic (exact) mass is 288 g/mol. The zero-order valence-electron chi connectivity index (χ0n) is 10.3. The van der Waals surface area contributed by atoms with Crippen LogP contribution in [0.2, 0.25) is 5.02 Å². The first-order chi connectivity index (χ1) is 8.37. The van der Waals surface area contributed by atoms with Crippen molar-refractivity contribution < 1.29 is 8.42 Å². The molecule has 1 unspecified atom stereocenters. The van der Waals surface area contributed by atoms with Crippen LogP contribution in [0, 0.1) is 5.41 Å². The second-order valence-electron chi connectivity index (χ2n) is 5.06. The van der Waals surface area contributed by atoms with Gasteiger partial charge in [0.05, 0.1) is 4.90 Å². The normalized spacial score (nSPS) is 25.5. The van der Waals surface area contributed by atoms with Gasteiger partial charge in [-0.15, -0.1) is 0 Å². The largest absolute Gasteiger partial charge is 0.330 e. The molecule has 1 aliphatic rings. The van der Waals surface area contributed by atoms with Gasteiger partial charge in [0.15, 0.2) is 0 Å². The number of benzene rings is 1. The Hall–Kier alpha value is -0.620. The maximum atomic E-state index is 12.4. The van der Waals surface area contributed by atoms with Crippen molar-refractivity contribution in [2.75, 3.05) is 19.6 Å². The molecule has 1 aliphatic heterocycles. The molecule has 0 spiro atoms. The van der Waals surface area contributed by atoms with E-state index in [1.165, 1.54) is 10.4 Å². The number of nitrogens with two attached hydrogens (primary N) is 1. The SMILES string of the molecule is CC1(CN)CCN(S(=O)(=O)c2cccc(Cl)c2)C1. The van der Waals surface area contributed by atoms with Gasteiger partial charge in [-0.3, -0.25) is 0 Å². The van der Waals surface area contributed by atoms with E-state index >= 15 is 0 Å². The van der Waals surface area contributed by atoms with Crippen molar-refractivity contribution in [1.82, 2.24) is 4.31 Å². The fourth-order valence-electron chi connectivity index (χ4n) is 2.13. The highest BCUT2D eigenvalue weighted by atomic mass is 35.5. The van der Waals surface area contributed by atoms with Crippen LogP contribution in [0.15, 0.2) is 29.2 Å². The molecule has 0 saturated carbocycles. The Bertz CT molecular complexity index is 547. The van der Waals surface area contributed by atoms with Crippen molar-refractivity contribution >= 4 is 21.6 Å². The Labute approximate surface area is 113 Å². The van der Waals surface area contributed by atoms with Gasteiger partial charge in [-0.05, 0) is 36.6 Å². The van der Waals surface area contributed by atoms with Gasteiger partial charge in [-0.2, -0.15) is 4.31 Å². The Balaban J connectivity index is 2.28. The Kier molecular flexibility index (Phi) is 3.69. The number of halogens is 1. The summed E-state index contributed by atoms with van der Waals surface area (Å²) in [7, 11) is -3.45. The quantitative estimate of drug-likeness (QED) is 0.921. The van der Waals surface area contributed by atoms with Crippen LogP contribution in [0.1, 0.15) is 13.3 Å². The lowest BCUT2D eigenvalue weighted by atomic mass is 9.90. The van der Waals surface area contributed by atoms with E-state index in [-0.39, 0.29) is 10.3 Å². The lowest BCUT2D eigenvalue weighted by Crippen LogP contribution is -2.34. The number of hydrogen-bond acceptors (Lipinski definition) is 3. The summed E-state index contributed by atoms with van der Waals surface area (Å²) in [5.74, 6) is 0. The number of rotatable bonds is 3. The molecule has 1 fully saturated rings. The van der Waals surface area contributed by atoms with E-state index in [1.807, 2.05) is 6.92 Å². The smallest absolute Gasteiger partial charge is 0.243 e. The molecule has 0 aromatic heterocycles. The molecule has 0 bridgehead atoms. The van der Waals surface area contributed by atoms with Gasteiger partial charge in [0.25, 0.3) is 0 Å². The molecule has 0 aliphatic carbocycles.